The first kappa shape index (κ1) is 13.3. The molecule has 0 aliphatic carbocycles. The van der Waals surface area contributed by atoms with Crippen molar-refractivity contribution in [3.8, 4) is 0 Å². The average molecular weight is 248 g/mol. The molecule has 4 nitrogen and oxygen atoms in total. The molecule has 4 heteroatoms. The Labute approximate surface area is 110 Å². The molecule has 1 N–H and O–H groups in total. The third-order valence-electron chi connectivity index (χ3n) is 3.56. The van der Waals surface area contributed by atoms with Crippen LogP contribution in [0, 0.1) is 6.92 Å². The fourth-order valence-corrected chi connectivity index (χ4v) is 2.62. The van der Waals surface area contributed by atoms with E-state index in [0.29, 0.717) is 6.04 Å². The van der Waals surface area contributed by atoms with Gasteiger partial charge in [-0.1, -0.05) is 6.92 Å². The Morgan fingerprint density at radius 1 is 1.33 bits per heavy atom. The third-order valence-corrected chi connectivity index (χ3v) is 3.56. The molecule has 0 saturated carbocycles. The second-order valence-corrected chi connectivity index (χ2v) is 5.01. The third kappa shape index (κ3) is 3.19. The first-order chi connectivity index (χ1) is 8.83. The zero-order chi connectivity index (χ0) is 12.8. The van der Waals surface area contributed by atoms with Gasteiger partial charge in [-0.2, -0.15) is 0 Å². The minimum absolute atomic E-state index is 0.570. The minimum Gasteiger partial charge on any atom is -0.351 e. The minimum atomic E-state index is 0.570. The summed E-state index contributed by atoms with van der Waals surface area (Å²) in [6.45, 7) is 7.53. The van der Waals surface area contributed by atoms with E-state index in [1.165, 1.54) is 25.7 Å². The predicted octanol–water partition coefficient (Wildman–Crippen LogP) is 2.14. The van der Waals surface area contributed by atoms with Gasteiger partial charge in [-0.05, 0) is 39.2 Å². The molecular formula is C14H24N4. The molecular weight excluding hydrogens is 224 g/mol. The second kappa shape index (κ2) is 6.69. The van der Waals surface area contributed by atoms with Crippen molar-refractivity contribution in [1.82, 2.24) is 15.3 Å². The molecule has 2 heterocycles. The normalized spacial score (nSPS) is 20.1. The van der Waals surface area contributed by atoms with Crippen molar-refractivity contribution in [3.05, 3.63) is 18.1 Å². The summed E-state index contributed by atoms with van der Waals surface area (Å²) in [6.07, 6.45) is 8.61. The van der Waals surface area contributed by atoms with Crippen LogP contribution < -0.4 is 10.2 Å². The van der Waals surface area contributed by atoms with Crippen molar-refractivity contribution >= 4 is 5.82 Å². The number of hydrogen-bond donors (Lipinski definition) is 1. The van der Waals surface area contributed by atoms with Gasteiger partial charge in [-0.25, -0.2) is 4.98 Å². The summed E-state index contributed by atoms with van der Waals surface area (Å²) in [6, 6.07) is 0.570. The van der Waals surface area contributed by atoms with E-state index in [4.69, 9.17) is 0 Å². The van der Waals surface area contributed by atoms with Crippen molar-refractivity contribution in [3.63, 3.8) is 0 Å². The first-order valence-electron chi connectivity index (χ1n) is 7.08. The summed E-state index contributed by atoms with van der Waals surface area (Å²) in [5.41, 5.74) is 1.04. The lowest BCUT2D eigenvalue weighted by atomic mass is 10.0. The van der Waals surface area contributed by atoms with Gasteiger partial charge >= 0.3 is 0 Å². The van der Waals surface area contributed by atoms with Gasteiger partial charge in [0.05, 0.1) is 5.69 Å². The zero-order valence-corrected chi connectivity index (χ0v) is 11.5. The summed E-state index contributed by atoms with van der Waals surface area (Å²) < 4.78 is 0. The lowest BCUT2D eigenvalue weighted by Crippen LogP contribution is -2.46. The zero-order valence-electron chi connectivity index (χ0n) is 11.5. The predicted molar refractivity (Wildman–Crippen MR) is 74.9 cm³/mol. The molecule has 1 atom stereocenters. The standard InChI is InChI=1S/C14H24N4/c1-3-7-15-11-13-6-4-5-10-18(13)14-12(2)16-8-9-17-14/h8-9,13,15H,3-7,10-11H2,1-2H3. The van der Waals surface area contributed by atoms with Gasteiger partial charge < -0.3 is 10.2 Å². The highest BCUT2D eigenvalue weighted by molar-refractivity contribution is 5.44. The number of aryl methyl sites for hydroxylation is 1. The van der Waals surface area contributed by atoms with Crippen molar-refractivity contribution in [2.45, 2.75) is 45.6 Å². The maximum atomic E-state index is 4.52. The SMILES string of the molecule is CCCNCC1CCCCN1c1nccnc1C. The summed E-state index contributed by atoms with van der Waals surface area (Å²) in [5, 5.41) is 3.53. The van der Waals surface area contributed by atoms with Crippen molar-refractivity contribution in [2.24, 2.45) is 0 Å². The van der Waals surface area contributed by atoms with Crippen LogP contribution in [0.4, 0.5) is 5.82 Å². The Morgan fingerprint density at radius 3 is 2.94 bits per heavy atom. The maximum absolute atomic E-state index is 4.52. The molecule has 0 aromatic carbocycles. The number of piperidine rings is 1. The molecule has 0 amide bonds. The largest absolute Gasteiger partial charge is 0.351 e. The fraction of sp³-hybridized carbons (Fsp3) is 0.714. The van der Waals surface area contributed by atoms with Crippen LogP contribution in [0.25, 0.3) is 0 Å². The number of anilines is 1. The molecule has 2 rings (SSSR count). The van der Waals surface area contributed by atoms with Crippen LogP contribution in [-0.4, -0.2) is 35.6 Å². The van der Waals surface area contributed by atoms with Gasteiger partial charge in [0, 0.05) is 31.5 Å². The van der Waals surface area contributed by atoms with Crippen molar-refractivity contribution in [1.29, 1.82) is 0 Å². The first-order valence-corrected chi connectivity index (χ1v) is 7.08. The van der Waals surface area contributed by atoms with E-state index in [9.17, 15) is 0 Å². The molecule has 0 spiro atoms. The van der Waals surface area contributed by atoms with Gasteiger partial charge in [-0.3, -0.25) is 4.98 Å². The van der Waals surface area contributed by atoms with E-state index in [-0.39, 0.29) is 0 Å². The molecule has 1 unspecified atom stereocenters. The maximum Gasteiger partial charge on any atom is 0.150 e. The number of rotatable bonds is 5. The van der Waals surface area contributed by atoms with Gasteiger partial charge in [0.2, 0.25) is 0 Å². The molecule has 1 saturated heterocycles. The van der Waals surface area contributed by atoms with Gasteiger partial charge in [-0.15, -0.1) is 0 Å². The quantitative estimate of drug-likeness (QED) is 0.811. The van der Waals surface area contributed by atoms with E-state index < -0.39 is 0 Å². The van der Waals surface area contributed by atoms with Crippen LogP contribution in [0.15, 0.2) is 12.4 Å². The number of nitrogens with zero attached hydrogens (tertiary/aromatic N) is 3. The molecule has 100 valence electrons. The number of nitrogens with one attached hydrogen (secondary N) is 1. The highest BCUT2D eigenvalue weighted by Gasteiger charge is 2.24. The fourth-order valence-electron chi connectivity index (χ4n) is 2.62. The second-order valence-electron chi connectivity index (χ2n) is 5.01. The highest BCUT2D eigenvalue weighted by Crippen LogP contribution is 2.24. The molecule has 18 heavy (non-hydrogen) atoms. The van der Waals surface area contributed by atoms with Crippen LogP contribution in [0.5, 0.6) is 0 Å². The summed E-state index contributed by atoms with van der Waals surface area (Å²) in [7, 11) is 0. The molecule has 0 bridgehead atoms. The number of aromatic nitrogens is 2. The Bertz CT molecular complexity index is 367. The summed E-state index contributed by atoms with van der Waals surface area (Å²) in [5.74, 6) is 1.07. The summed E-state index contributed by atoms with van der Waals surface area (Å²) in [4.78, 5) is 11.3. The van der Waals surface area contributed by atoms with Crippen LogP contribution in [0.1, 0.15) is 38.3 Å². The van der Waals surface area contributed by atoms with E-state index in [0.717, 1.165) is 31.1 Å². The lowest BCUT2D eigenvalue weighted by molar-refractivity contribution is 0.432. The molecule has 1 aliphatic rings. The van der Waals surface area contributed by atoms with Crippen LogP contribution in [0.2, 0.25) is 0 Å². The van der Waals surface area contributed by atoms with Gasteiger partial charge in [0.1, 0.15) is 5.82 Å². The van der Waals surface area contributed by atoms with Crippen LogP contribution in [0.3, 0.4) is 0 Å². The van der Waals surface area contributed by atoms with Gasteiger partial charge in [0.15, 0.2) is 0 Å². The van der Waals surface area contributed by atoms with Crippen LogP contribution >= 0.6 is 0 Å². The van der Waals surface area contributed by atoms with Crippen LogP contribution in [-0.2, 0) is 0 Å². The van der Waals surface area contributed by atoms with E-state index in [1.54, 1.807) is 12.4 Å². The van der Waals surface area contributed by atoms with E-state index in [1.807, 2.05) is 6.92 Å². The van der Waals surface area contributed by atoms with Crippen molar-refractivity contribution in [2.75, 3.05) is 24.5 Å². The molecule has 1 aromatic heterocycles. The van der Waals surface area contributed by atoms with Gasteiger partial charge in [0.25, 0.3) is 0 Å². The Hall–Kier alpha value is -1.16. The lowest BCUT2D eigenvalue weighted by Gasteiger charge is -2.37. The summed E-state index contributed by atoms with van der Waals surface area (Å²) >= 11 is 0. The molecule has 1 aliphatic heterocycles. The Morgan fingerprint density at radius 2 is 2.17 bits per heavy atom. The topological polar surface area (TPSA) is 41.0 Å². The molecule has 1 fully saturated rings. The molecule has 1 aromatic rings. The van der Waals surface area contributed by atoms with Crippen molar-refractivity contribution < 1.29 is 0 Å². The Balaban J connectivity index is 2.05. The smallest absolute Gasteiger partial charge is 0.150 e. The highest BCUT2D eigenvalue weighted by atomic mass is 15.2. The number of hydrogen-bond acceptors (Lipinski definition) is 4. The van der Waals surface area contributed by atoms with E-state index in [2.05, 4.69) is 27.1 Å². The Kier molecular flexibility index (Phi) is 4.93. The van der Waals surface area contributed by atoms with E-state index >= 15 is 0 Å². The monoisotopic (exact) mass is 248 g/mol. The average Bonchev–Trinajstić information content (AvgIpc) is 2.40. The molecule has 0 radical (unpaired) electrons.